The summed E-state index contributed by atoms with van der Waals surface area (Å²) in [6, 6.07) is 7.11. The van der Waals surface area contributed by atoms with Gasteiger partial charge in [-0.25, -0.2) is 9.98 Å². The highest BCUT2D eigenvalue weighted by Gasteiger charge is 2.33. The molecule has 1 aromatic heterocycles. The van der Waals surface area contributed by atoms with Gasteiger partial charge in [0.2, 0.25) is 11.5 Å². The normalized spacial score (nSPS) is 16.9. The Hall–Kier alpha value is -2.52. The van der Waals surface area contributed by atoms with Gasteiger partial charge in [0.1, 0.15) is 10.8 Å². The number of aromatic nitrogens is 2. The number of alkyl halides is 4. The number of rotatable bonds is 5. The third-order valence-electron chi connectivity index (χ3n) is 3.77. The molecule has 3 rings (SSSR count). The van der Waals surface area contributed by atoms with E-state index in [1.807, 2.05) is 0 Å². The van der Waals surface area contributed by atoms with Crippen molar-refractivity contribution in [2.75, 3.05) is 13.7 Å². The average Bonchev–Trinajstić information content (AvgIpc) is 2.67. The van der Waals surface area contributed by atoms with Crippen LogP contribution in [0.3, 0.4) is 0 Å². The Balaban J connectivity index is 1.55. The lowest BCUT2D eigenvalue weighted by Gasteiger charge is -2.23. The highest BCUT2D eigenvalue weighted by Crippen LogP contribution is 2.29. The maximum atomic E-state index is 12.7. The van der Waals surface area contributed by atoms with E-state index in [2.05, 4.69) is 15.0 Å². The monoisotopic (exact) mass is 446 g/mol. The fourth-order valence-corrected chi connectivity index (χ4v) is 2.70. The average molecular weight is 447 g/mol. The van der Waals surface area contributed by atoms with E-state index in [0.29, 0.717) is 23.8 Å². The number of hydrogen-bond donors (Lipinski definition) is 0. The zero-order valence-electron chi connectivity index (χ0n) is 15.0. The van der Waals surface area contributed by atoms with Gasteiger partial charge >= 0.3 is 12.2 Å². The van der Waals surface area contributed by atoms with Crippen molar-refractivity contribution in [3.63, 3.8) is 0 Å². The molecule has 0 bridgehead atoms. The second-order valence-corrected chi connectivity index (χ2v) is 6.75. The summed E-state index contributed by atoms with van der Waals surface area (Å²) in [5.74, 6) is 0.580. The molecule has 1 aliphatic rings. The predicted molar refractivity (Wildman–Crippen MR) is 102 cm³/mol. The molecule has 0 aliphatic carbocycles. The van der Waals surface area contributed by atoms with E-state index in [1.165, 1.54) is 0 Å². The van der Waals surface area contributed by atoms with E-state index in [1.54, 1.807) is 42.4 Å². The molecule has 0 spiro atoms. The molecule has 0 amide bonds. The first-order chi connectivity index (χ1) is 13.7. The van der Waals surface area contributed by atoms with E-state index in [9.17, 15) is 13.2 Å². The third kappa shape index (κ3) is 5.74. The molecule has 0 saturated heterocycles. The second kappa shape index (κ2) is 8.87. The molecule has 29 heavy (non-hydrogen) atoms. The first-order valence-electron chi connectivity index (χ1n) is 8.34. The molecule has 6 nitrogen and oxygen atoms in total. The van der Waals surface area contributed by atoms with Crippen LogP contribution in [0.25, 0.3) is 0 Å². The molecule has 2 heterocycles. The predicted octanol–water partition coefficient (Wildman–Crippen LogP) is 4.79. The minimum atomic E-state index is -4.56. The Morgan fingerprint density at radius 1 is 1.17 bits per heavy atom. The summed E-state index contributed by atoms with van der Waals surface area (Å²) in [6.07, 6.45) is -1.39. The quantitative estimate of drug-likeness (QED) is 0.487. The largest absolute Gasteiger partial charge is 0.476 e. The molecule has 2 aromatic rings. The van der Waals surface area contributed by atoms with Crippen molar-refractivity contribution >= 4 is 29.1 Å². The van der Waals surface area contributed by atoms with Gasteiger partial charge in [0, 0.05) is 25.9 Å². The Kier molecular flexibility index (Phi) is 6.49. The highest BCUT2D eigenvalue weighted by atomic mass is 35.5. The van der Waals surface area contributed by atoms with Crippen molar-refractivity contribution in [3.8, 4) is 11.8 Å². The molecule has 0 saturated carbocycles. The molecule has 1 aromatic carbocycles. The van der Waals surface area contributed by atoms with Gasteiger partial charge in [-0.05, 0) is 23.8 Å². The molecule has 1 aliphatic heterocycles. The number of hydrogen-bond acceptors (Lipinski definition) is 6. The first-order valence-corrected chi connectivity index (χ1v) is 9.15. The van der Waals surface area contributed by atoms with Crippen LogP contribution in [0.5, 0.6) is 11.8 Å². The highest BCUT2D eigenvalue weighted by molar-refractivity contribution is 6.42. The van der Waals surface area contributed by atoms with Crippen molar-refractivity contribution < 1.29 is 22.6 Å². The van der Waals surface area contributed by atoms with Gasteiger partial charge in [0.15, 0.2) is 5.69 Å². The molecule has 154 valence electrons. The number of ether oxygens (including phenoxy) is 2. The van der Waals surface area contributed by atoms with E-state index >= 15 is 0 Å². The molecule has 0 fully saturated rings. The zero-order valence-corrected chi connectivity index (χ0v) is 16.5. The summed E-state index contributed by atoms with van der Waals surface area (Å²) in [7, 11) is 1.74. The maximum Gasteiger partial charge on any atom is 0.433 e. The maximum absolute atomic E-state index is 12.7. The van der Waals surface area contributed by atoms with Crippen LogP contribution in [0.15, 0.2) is 52.8 Å². The van der Waals surface area contributed by atoms with Crippen LogP contribution < -0.4 is 4.74 Å². The first kappa shape index (κ1) is 21.2. The van der Waals surface area contributed by atoms with Crippen LogP contribution in [0, 0.1) is 0 Å². The summed E-state index contributed by atoms with van der Waals surface area (Å²) < 4.78 is 48.9. The van der Waals surface area contributed by atoms with Crippen LogP contribution >= 0.6 is 23.2 Å². The summed E-state index contributed by atoms with van der Waals surface area (Å²) >= 11 is 12.1. The molecule has 11 heteroatoms. The third-order valence-corrected chi connectivity index (χ3v) is 4.43. The van der Waals surface area contributed by atoms with Gasteiger partial charge in [-0.15, -0.1) is 0 Å². The number of benzene rings is 1. The standard InChI is InChI=1S/C18H15Cl2F3N4O2/c1-27-10-13(19)15(26-16(27)20)28-9-7-11-2-4-12(5-3-11)29-17-24-8-6-14(25-17)18(21,22)23/h2-6,8,10,16H,7,9H2,1H3. The molecule has 0 N–H and O–H groups in total. The Bertz CT molecular complexity index is 920. The number of aliphatic imine (C=N–C) groups is 1. The van der Waals surface area contributed by atoms with Gasteiger partial charge in [-0.3, -0.25) is 0 Å². The second-order valence-electron chi connectivity index (χ2n) is 5.95. The lowest BCUT2D eigenvalue weighted by atomic mass is 10.1. The molecular weight excluding hydrogens is 432 g/mol. The summed E-state index contributed by atoms with van der Waals surface area (Å²) in [6.45, 7) is 0.313. The summed E-state index contributed by atoms with van der Waals surface area (Å²) in [5.41, 5.74) is -0.736. The number of halogens is 5. The Morgan fingerprint density at radius 2 is 1.90 bits per heavy atom. The van der Waals surface area contributed by atoms with Crippen molar-refractivity contribution in [2.45, 2.75) is 18.2 Å². The Labute approximate surface area is 174 Å². The SMILES string of the molecule is CN1C=C(Cl)C(OCCc2ccc(Oc3nccc(C(F)(F)F)n3)cc2)=NC1Cl. The van der Waals surface area contributed by atoms with Gasteiger partial charge in [-0.1, -0.05) is 35.3 Å². The van der Waals surface area contributed by atoms with Gasteiger partial charge in [0.05, 0.1) is 6.61 Å². The van der Waals surface area contributed by atoms with E-state index in [0.717, 1.165) is 17.8 Å². The lowest BCUT2D eigenvalue weighted by Crippen LogP contribution is -2.27. The minimum Gasteiger partial charge on any atom is -0.476 e. The topological polar surface area (TPSA) is 59.8 Å². The molecule has 1 atom stereocenters. The van der Waals surface area contributed by atoms with Crippen LogP contribution in [0.2, 0.25) is 0 Å². The van der Waals surface area contributed by atoms with Crippen LogP contribution in [0.4, 0.5) is 13.2 Å². The summed E-state index contributed by atoms with van der Waals surface area (Å²) in [4.78, 5) is 12.8. The fourth-order valence-electron chi connectivity index (χ4n) is 2.29. The smallest absolute Gasteiger partial charge is 0.433 e. The van der Waals surface area contributed by atoms with Gasteiger partial charge < -0.3 is 14.4 Å². The van der Waals surface area contributed by atoms with E-state index in [-0.39, 0.29) is 11.9 Å². The van der Waals surface area contributed by atoms with Crippen molar-refractivity contribution in [1.82, 2.24) is 14.9 Å². The van der Waals surface area contributed by atoms with Crippen LogP contribution in [-0.2, 0) is 17.3 Å². The zero-order chi connectivity index (χ0) is 21.0. The van der Waals surface area contributed by atoms with E-state index < -0.39 is 17.5 Å². The molecule has 0 radical (unpaired) electrons. The van der Waals surface area contributed by atoms with Crippen molar-refractivity contribution in [2.24, 2.45) is 4.99 Å². The molecule has 1 unspecified atom stereocenters. The lowest BCUT2D eigenvalue weighted by molar-refractivity contribution is -0.141. The van der Waals surface area contributed by atoms with Crippen LogP contribution in [-0.4, -0.2) is 40.0 Å². The Morgan fingerprint density at radius 3 is 2.59 bits per heavy atom. The fraction of sp³-hybridized carbons (Fsp3) is 0.278. The van der Waals surface area contributed by atoms with Crippen molar-refractivity contribution in [1.29, 1.82) is 0 Å². The van der Waals surface area contributed by atoms with E-state index in [4.69, 9.17) is 32.7 Å². The number of nitrogens with zero attached hydrogens (tertiary/aromatic N) is 4. The minimum absolute atomic E-state index is 0.270. The van der Waals surface area contributed by atoms with Gasteiger partial charge in [0.25, 0.3) is 0 Å². The van der Waals surface area contributed by atoms with Crippen LogP contribution in [0.1, 0.15) is 11.3 Å². The molecular formula is C18H15Cl2F3N4O2. The summed E-state index contributed by atoms with van der Waals surface area (Å²) in [5, 5.41) is 0.356. The van der Waals surface area contributed by atoms with Gasteiger partial charge in [-0.2, -0.15) is 18.2 Å². The van der Waals surface area contributed by atoms with Crippen molar-refractivity contribution in [3.05, 3.63) is 59.0 Å².